The summed E-state index contributed by atoms with van der Waals surface area (Å²) in [5, 5.41) is 0. The van der Waals surface area contributed by atoms with Crippen molar-refractivity contribution in [2.75, 3.05) is 25.5 Å². The van der Waals surface area contributed by atoms with E-state index in [0.29, 0.717) is 0 Å². The molecule has 0 fully saturated rings. The minimum absolute atomic E-state index is 0.772. The van der Waals surface area contributed by atoms with E-state index in [1.807, 2.05) is 0 Å². The molecule has 0 rings (SSSR count). The SMILES string of the molecule is CCCCCCN(CCC)CCCl. The Hall–Kier alpha value is 0.250. The number of rotatable bonds is 9. The van der Waals surface area contributed by atoms with Crippen molar-refractivity contribution in [2.24, 2.45) is 0 Å². The first-order valence-corrected chi connectivity index (χ1v) is 6.16. The molecule has 0 aliphatic heterocycles. The Labute approximate surface area is 88.5 Å². The second kappa shape index (κ2) is 10.3. The zero-order chi connectivity index (χ0) is 9.94. The van der Waals surface area contributed by atoms with Gasteiger partial charge in [-0.15, -0.1) is 11.6 Å². The molecule has 0 aliphatic carbocycles. The average Bonchev–Trinajstić information content (AvgIpc) is 2.13. The summed E-state index contributed by atoms with van der Waals surface area (Å²) in [6, 6.07) is 0. The van der Waals surface area contributed by atoms with Crippen molar-refractivity contribution in [1.82, 2.24) is 4.90 Å². The maximum atomic E-state index is 5.73. The number of hydrogen-bond acceptors (Lipinski definition) is 1. The van der Waals surface area contributed by atoms with E-state index in [4.69, 9.17) is 11.6 Å². The van der Waals surface area contributed by atoms with Crippen LogP contribution in [0.1, 0.15) is 46.0 Å². The first-order chi connectivity index (χ1) is 6.35. The van der Waals surface area contributed by atoms with Crippen LogP contribution in [0.4, 0.5) is 0 Å². The molecule has 1 nitrogen and oxygen atoms in total. The Kier molecular flexibility index (Phi) is 10.5. The molecule has 0 atom stereocenters. The molecule has 0 aromatic carbocycles. The van der Waals surface area contributed by atoms with E-state index in [0.717, 1.165) is 12.4 Å². The van der Waals surface area contributed by atoms with Crippen molar-refractivity contribution in [3.8, 4) is 0 Å². The fourth-order valence-electron chi connectivity index (χ4n) is 1.53. The van der Waals surface area contributed by atoms with Gasteiger partial charge in [0.2, 0.25) is 0 Å². The topological polar surface area (TPSA) is 3.24 Å². The second-order valence-electron chi connectivity index (χ2n) is 3.59. The predicted octanol–water partition coefficient (Wildman–Crippen LogP) is 3.52. The van der Waals surface area contributed by atoms with Gasteiger partial charge in [0.15, 0.2) is 0 Å². The van der Waals surface area contributed by atoms with E-state index < -0.39 is 0 Å². The van der Waals surface area contributed by atoms with Crippen LogP contribution in [0.15, 0.2) is 0 Å². The number of nitrogens with zero attached hydrogens (tertiary/aromatic N) is 1. The minimum atomic E-state index is 0.772. The molecule has 0 bridgehead atoms. The van der Waals surface area contributed by atoms with Crippen LogP contribution in [-0.4, -0.2) is 30.4 Å². The third kappa shape index (κ3) is 8.58. The molecule has 0 saturated heterocycles. The normalized spacial score (nSPS) is 11.1. The molecule has 0 saturated carbocycles. The van der Waals surface area contributed by atoms with Gasteiger partial charge in [0.05, 0.1) is 0 Å². The van der Waals surface area contributed by atoms with Gasteiger partial charge < -0.3 is 4.90 Å². The second-order valence-corrected chi connectivity index (χ2v) is 3.97. The first kappa shape index (κ1) is 13.2. The highest BCUT2D eigenvalue weighted by molar-refractivity contribution is 6.18. The molecule has 0 aliphatic rings. The highest BCUT2D eigenvalue weighted by Gasteiger charge is 2.01. The number of unbranched alkanes of at least 4 members (excludes halogenated alkanes) is 3. The van der Waals surface area contributed by atoms with Crippen molar-refractivity contribution in [3.63, 3.8) is 0 Å². The molecule has 0 spiro atoms. The van der Waals surface area contributed by atoms with E-state index in [9.17, 15) is 0 Å². The van der Waals surface area contributed by atoms with Gasteiger partial charge in [0.1, 0.15) is 0 Å². The highest BCUT2D eigenvalue weighted by atomic mass is 35.5. The summed E-state index contributed by atoms with van der Waals surface area (Å²) >= 11 is 5.73. The smallest absolute Gasteiger partial charge is 0.0351 e. The Morgan fingerprint density at radius 2 is 1.62 bits per heavy atom. The molecular weight excluding hydrogens is 182 g/mol. The largest absolute Gasteiger partial charge is 0.302 e. The molecule has 0 radical (unpaired) electrons. The molecule has 2 heteroatoms. The van der Waals surface area contributed by atoms with E-state index in [2.05, 4.69) is 18.7 Å². The number of hydrogen-bond donors (Lipinski definition) is 0. The molecule has 13 heavy (non-hydrogen) atoms. The van der Waals surface area contributed by atoms with Gasteiger partial charge in [-0.05, 0) is 25.9 Å². The zero-order valence-electron chi connectivity index (χ0n) is 9.19. The highest BCUT2D eigenvalue weighted by Crippen LogP contribution is 2.02. The average molecular weight is 206 g/mol. The van der Waals surface area contributed by atoms with Crippen LogP contribution in [0, 0.1) is 0 Å². The molecule has 0 amide bonds. The van der Waals surface area contributed by atoms with Crippen LogP contribution in [-0.2, 0) is 0 Å². The minimum Gasteiger partial charge on any atom is -0.302 e. The lowest BCUT2D eigenvalue weighted by molar-refractivity contribution is 0.283. The fourth-order valence-corrected chi connectivity index (χ4v) is 1.77. The predicted molar refractivity (Wildman–Crippen MR) is 61.6 cm³/mol. The van der Waals surface area contributed by atoms with E-state index in [1.165, 1.54) is 45.2 Å². The molecular formula is C11H24ClN. The van der Waals surface area contributed by atoms with Crippen LogP contribution in [0.25, 0.3) is 0 Å². The van der Waals surface area contributed by atoms with Gasteiger partial charge in [-0.2, -0.15) is 0 Å². The number of alkyl halides is 1. The summed E-state index contributed by atoms with van der Waals surface area (Å²) in [5.74, 6) is 0.772. The van der Waals surface area contributed by atoms with Crippen LogP contribution in [0.3, 0.4) is 0 Å². The lowest BCUT2D eigenvalue weighted by Crippen LogP contribution is -2.27. The molecule has 0 aromatic rings. The van der Waals surface area contributed by atoms with Gasteiger partial charge in [0, 0.05) is 12.4 Å². The van der Waals surface area contributed by atoms with Gasteiger partial charge in [-0.3, -0.25) is 0 Å². The van der Waals surface area contributed by atoms with Crippen LogP contribution in [0.2, 0.25) is 0 Å². The van der Waals surface area contributed by atoms with Gasteiger partial charge in [-0.25, -0.2) is 0 Å². The fraction of sp³-hybridized carbons (Fsp3) is 1.00. The Bertz CT molecular complexity index is 90.1. The van der Waals surface area contributed by atoms with Gasteiger partial charge in [-0.1, -0.05) is 33.1 Å². The Balaban J connectivity index is 3.33. The molecule has 0 unspecified atom stereocenters. The van der Waals surface area contributed by atoms with E-state index >= 15 is 0 Å². The van der Waals surface area contributed by atoms with Crippen molar-refractivity contribution in [3.05, 3.63) is 0 Å². The summed E-state index contributed by atoms with van der Waals surface area (Å²) < 4.78 is 0. The summed E-state index contributed by atoms with van der Waals surface area (Å²) in [7, 11) is 0. The summed E-state index contributed by atoms with van der Waals surface area (Å²) in [6.45, 7) is 7.98. The summed E-state index contributed by atoms with van der Waals surface area (Å²) in [4.78, 5) is 2.47. The van der Waals surface area contributed by atoms with Crippen molar-refractivity contribution < 1.29 is 0 Å². The standard InChI is InChI=1S/C11H24ClN/c1-3-5-6-7-10-13(9-4-2)11-8-12/h3-11H2,1-2H3. The first-order valence-electron chi connectivity index (χ1n) is 5.63. The maximum Gasteiger partial charge on any atom is 0.0351 e. The van der Waals surface area contributed by atoms with Gasteiger partial charge >= 0.3 is 0 Å². The quantitative estimate of drug-likeness (QED) is 0.411. The van der Waals surface area contributed by atoms with Crippen molar-refractivity contribution in [1.29, 1.82) is 0 Å². The van der Waals surface area contributed by atoms with Crippen molar-refractivity contribution in [2.45, 2.75) is 46.0 Å². The Morgan fingerprint density at radius 1 is 0.846 bits per heavy atom. The van der Waals surface area contributed by atoms with Crippen LogP contribution >= 0.6 is 11.6 Å². The molecule has 0 N–H and O–H groups in total. The Morgan fingerprint density at radius 3 is 2.15 bits per heavy atom. The summed E-state index contributed by atoms with van der Waals surface area (Å²) in [5.41, 5.74) is 0. The monoisotopic (exact) mass is 205 g/mol. The van der Waals surface area contributed by atoms with Crippen LogP contribution in [0.5, 0.6) is 0 Å². The number of halogens is 1. The molecule has 0 aromatic heterocycles. The van der Waals surface area contributed by atoms with Crippen molar-refractivity contribution >= 4 is 11.6 Å². The molecule has 0 heterocycles. The maximum absolute atomic E-state index is 5.73. The third-order valence-corrected chi connectivity index (χ3v) is 2.44. The lowest BCUT2D eigenvalue weighted by atomic mass is 10.2. The molecule has 80 valence electrons. The third-order valence-electron chi connectivity index (χ3n) is 2.27. The van der Waals surface area contributed by atoms with E-state index in [1.54, 1.807) is 0 Å². The van der Waals surface area contributed by atoms with Gasteiger partial charge in [0.25, 0.3) is 0 Å². The zero-order valence-corrected chi connectivity index (χ0v) is 9.95. The van der Waals surface area contributed by atoms with E-state index in [-0.39, 0.29) is 0 Å². The van der Waals surface area contributed by atoms with Crippen LogP contribution < -0.4 is 0 Å². The lowest BCUT2D eigenvalue weighted by Gasteiger charge is -2.19. The summed E-state index contributed by atoms with van der Waals surface area (Å²) in [6.07, 6.45) is 6.65.